The Morgan fingerprint density at radius 1 is 1.39 bits per heavy atom. The molecule has 1 saturated carbocycles. The summed E-state index contributed by atoms with van der Waals surface area (Å²) in [6, 6.07) is 8.57. The van der Waals surface area contributed by atoms with Crippen LogP contribution in [0.15, 0.2) is 35.1 Å². The Bertz CT molecular complexity index is 570. The van der Waals surface area contributed by atoms with Gasteiger partial charge in [-0.25, -0.2) is 4.98 Å². The molecule has 0 bridgehead atoms. The minimum atomic E-state index is 0.0500. The van der Waals surface area contributed by atoms with Gasteiger partial charge in [-0.1, -0.05) is 35.0 Å². The number of aromatic nitrogens is 3. The molecule has 3 rings (SSSR count). The number of nitrogens with zero attached hydrogens (tertiary/aromatic N) is 3. The molecule has 0 aliphatic heterocycles. The van der Waals surface area contributed by atoms with Crippen molar-refractivity contribution < 1.29 is 0 Å². The standard InChI is InChI=1S/C14H16BrN3/c1-10-7-14(8-10,13-16-9-17-18(13)2)11-4-3-5-12(15)6-11/h3-6,9-10H,7-8H2,1-2H3. The Kier molecular flexibility index (Phi) is 2.77. The average molecular weight is 306 g/mol. The molecule has 0 amide bonds. The van der Waals surface area contributed by atoms with Crippen LogP contribution in [-0.2, 0) is 12.5 Å². The molecule has 1 aromatic carbocycles. The SMILES string of the molecule is CC1CC(c2cccc(Br)c2)(c2ncnn2C)C1. The fourth-order valence-corrected chi connectivity index (χ4v) is 3.59. The summed E-state index contributed by atoms with van der Waals surface area (Å²) in [5.74, 6) is 1.83. The molecule has 3 nitrogen and oxygen atoms in total. The highest BCUT2D eigenvalue weighted by atomic mass is 79.9. The van der Waals surface area contributed by atoms with Gasteiger partial charge < -0.3 is 0 Å². The van der Waals surface area contributed by atoms with Gasteiger partial charge >= 0.3 is 0 Å². The molecular weight excluding hydrogens is 290 g/mol. The summed E-state index contributed by atoms with van der Waals surface area (Å²) in [6.45, 7) is 2.30. The van der Waals surface area contributed by atoms with Crippen molar-refractivity contribution in [3.63, 3.8) is 0 Å². The molecule has 94 valence electrons. The summed E-state index contributed by atoms with van der Waals surface area (Å²) >= 11 is 3.56. The van der Waals surface area contributed by atoms with Crippen molar-refractivity contribution in [2.75, 3.05) is 0 Å². The van der Waals surface area contributed by atoms with Crippen LogP contribution in [0.5, 0.6) is 0 Å². The Labute approximate surface area is 115 Å². The van der Waals surface area contributed by atoms with E-state index in [4.69, 9.17) is 0 Å². The summed E-state index contributed by atoms with van der Waals surface area (Å²) in [7, 11) is 1.98. The van der Waals surface area contributed by atoms with Gasteiger partial charge in [-0.05, 0) is 36.5 Å². The molecule has 0 N–H and O–H groups in total. The average Bonchev–Trinajstić information content (AvgIpc) is 2.71. The molecule has 0 atom stereocenters. The van der Waals surface area contributed by atoms with Crippen molar-refractivity contribution in [3.8, 4) is 0 Å². The van der Waals surface area contributed by atoms with E-state index in [0.717, 1.165) is 29.1 Å². The van der Waals surface area contributed by atoms with Gasteiger partial charge in [0.1, 0.15) is 12.2 Å². The van der Waals surface area contributed by atoms with E-state index in [0.29, 0.717) is 0 Å². The van der Waals surface area contributed by atoms with Gasteiger partial charge in [-0.15, -0.1) is 0 Å². The second kappa shape index (κ2) is 4.19. The summed E-state index contributed by atoms with van der Waals surface area (Å²) < 4.78 is 3.04. The van der Waals surface area contributed by atoms with E-state index in [9.17, 15) is 0 Å². The third kappa shape index (κ3) is 1.70. The van der Waals surface area contributed by atoms with E-state index in [1.807, 2.05) is 11.7 Å². The van der Waals surface area contributed by atoms with Crippen molar-refractivity contribution in [3.05, 3.63) is 46.5 Å². The first-order valence-electron chi connectivity index (χ1n) is 6.22. The lowest BCUT2D eigenvalue weighted by Gasteiger charge is -2.46. The van der Waals surface area contributed by atoms with E-state index >= 15 is 0 Å². The highest BCUT2D eigenvalue weighted by Crippen LogP contribution is 2.51. The summed E-state index contributed by atoms with van der Waals surface area (Å²) in [6.07, 6.45) is 3.95. The van der Waals surface area contributed by atoms with Gasteiger partial charge in [0.05, 0.1) is 5.41 Å². The van der Waals surface area contributed by atoms with Gasteiger partial charge in [-0.3, -0.25) is 4.68 Å². The molecule has 4 heteroatoms. The molecule has 1 aliphatic carbocycles. The molecule has 1 aromatic heterocycles. The normalized spacial score (nSPS) is 26.9. The van der Waals surface area contributed by atoms with E-state index in [1.165, 1.54) is 5.56 Å². The second-order valence-corrected chi connectivity index (χ2v) is 6.23. The largest absolute Gasteiger partial charge is 0.252 e. The van der Waals surface area contributed by atoms with E-state index in [2.05, 4.69) is 57.2 Å². The number of hydrogen-bond donors (Lipinski definition) is 0. The number of hydrogen-bond acceptors (Lipinski definition) is 2. The smallest absolute Gasteiger partial charge is 0.138 e. The lowest BCUT2D eigenvalue weighted by atomic mass is 9.58. The predicted octanol–water partition coefficient (Wildman–Crippen LogP) is 3.29. The molecular formula is C14H16BrN3. The number of aryl methyl sites for hydroxylation is 1. The highest BCUT2D eigenvalue weighted by molar-refractivity contribution is 9.10. The molecule has 18 heavy (non-hydrogen) atoms. The minimum absolute atomic E-state index is 0.0500. The van der Waals surface area contributed by atoms with E-state index in [1.54, 1.807) is 6.33 Å². The van der Waals surface area contributed by atoms with Gasteiger partial charge in [0.2, 0.25) is 0 Å². The number of halogens is 1. The Morgan fingerprint density at radius 2 is 2.17 bits per heavy atom. The zero-order valence-corrected chi connectivity index (χ0v) is 12.2. The van der Waals surface area contributed by atoms with Crippen LogP contribution in [0, 0.1) is 5.92 Å². The first-order valence-corrected chi connectivity index (χ1v) is 7.02. The summed E-state index contributed by atoms with van der Waals surface area (Å²) in [5.41, 5.74) is 1.39. The van der Waals surface area contributed by atoms with Crippen LogP contribution in [0.3, 0.4) is 0 Å². The van der Waals surface area contributed by atoms with Crippen LogP contribution in [-0.4, -0.2) is 14.8 Å². The van der Waals surface area contributed by atoms with Crippen molar-refractivity contribution in [2.45, 2.75) is 25.2 Å². The van der Waals surface area contributed by atoms with Crippen LogP contribution in [0.2, 0.25) is 0 Å². The molecule has 0 unspecified atom stereocenters. The minimum Gasteiger partial charge on any atom is -0.252 e. The third-order valence-electron chi connectivity index (χ3n) is 3.91. The Hall–Kier alpha value is -1.16. The zero-order valence-electron chi connectivity index (χ0n) is 10.6. The molecule has 0 radical (unpaired) electrons. The lowest BCUT2D eigenvalue weighted by Crippen LogP contribution is -2.43. The zero-order chi connectivity index (χ0) is 12.8. The summed E-state index contributed by atoms with van der Waals surface area (Å²) in [5, 5.41) is 4.23. The molecule has 1 fully saturated rings. The maximum atomic E-state index is 4.49. The maximum Gasteiger partial charge on any atom is 0.138 e. The first kappa shape index (κ1) is 11.9. The molecule has 0 spiro atoms. The molecule has 0 saturated heterocycles. The molecule has 1 heterocycles. The fraction of sp³-hybridized carbons (Fsp3) is 0.429. The Morgan fingerprint density at radius 3 is 2.72 bits per heavy atom. The monoisotopic (exact) mass is 305 g/mol. The van der Waals surface area contributed by atoms with Crippen LogP contribution < -0.4 is 0 Å². The number of rotatable bonds is 2. The highest BCUT2D eigenvalue weighted by Gasteiger charge is 2.47. The predicted molar refractivity (Wildman–Crippen MR) is 74.3 cm³/mol. The van der Waals surface area contributed by atoms with Crippen molar-refractivity contribution in [2.24, 2.45) is 13.0 Å². The van der Waals surface area contributed by atoms with Crippen molar-refractivity contribution in [1.82, 2.24) is 14.8 Å². The molecule has 2 aromatic rings. The van der Waals surface area contributed by atoms with Crippen molar-refractivity contribution in [1.29, 1.82) is 0 Å². The van der Waals surface area contributed by atoms with Crippen molar-refractivity contribution >= 4 is 15.9 Å². The van der Waals surface area contributed by atoms with E-state index in [-0.39, 0.29) is 5.41 Å². The maximum absolute atomic E-state index is 4.49. The van der Waals surface area contributed by atoms with Crippen LogP contribution in [0.25, 0.3) is 0 Å². The third-order valence-corrected chi connectivity index (χ3v) is 4.40. The van der Waals surface area contributed by atoms with Gasteiger partial charge in [0.25, 0.3) is 0 Å². The Balaban J connectivity index is 2.11. The van der Waals surface area contributed by atoms with E-state index < -0.39 is 0 Å². The van der Waals surface area contributed by atoms with Gasteiger partial charge in [-0.2, -0.15) is 5.10 Å². The van der Waals surface area contributed by atoms with Crippen LogP contribution in [0.1, 0.15) is 31.2 Å². The quantitative estimate of drug-likeness (QED) is 0.852. The second-order valence-electron chi connectivity index (χ2n) is 5.31. The topological polar surface area (TPSA) is 30.7 Å². The first-order chi connectivity index (χ1) is 8.62. The van der Waals surface area contributed by atoms with Gasteiger partial charge in [0, 0.05) is 11.5 Å². The van der Waals surface area contributed by atoms with Gasteiger partial charge in [0.15, 0.2) is 0 Å². The molecule has 1 aliphatic rings. The number of benzene rings is 1. The van der Waals surface area contributed by atoms with Crippen LogP contribution >= 0.6 is 15.9 Å². The summed E-state index contributed by atoms with van der Waals surface area (Å²) in [4.78, 5) is 4.49. The lowest BCUT2D eigenvalue weighted by molar-refractivity contribution is 0.184. The van der Waals surface area contributed by atoms with Crippen LogP contribution in [0.4, 0.5) is 0 Å². The fourth-order valence-electron chi connectivity index (χ4n) is 3.19.